The third-order valence-electron chi connectivity index (χ3n) is 5.14. The van der Waals surface area contributed by atoms with E-state index in [2.05, 4.69) is 0 Å². The van der Waals surface area contributed by atoms with Crippen LogP contribution in [0.2, 0.25) is 0 Å². The monoisotopic (exact) mass is 437 g/mol. The Labute approximate surface area is 161 Å². The largest absolute Gasteiger partial charge is 0.415 e. The molecule has 0 radical (unpaired) electrons. The lowest BCUT2D eigenvalue weighted by molar-refractivity contribution is -0.235. The minimum Gasteiger partial charge on any atom is -0.382 e. The van der Waals surface area contributed by atoms with Gasteiger partial charge in [0, 0.05) is 19.1 Å². The highest BCUT2D eigenvalue weighted by Crippen LogP contribution is 2.47. The number of nitrogens with zero attached hydrogens (tertiary/aromatic N) is 1. The summed E-state index contributed by atoms with van der Waals surface area (Å²) in [7, 11) is 0. The maximum absolute atomic E-state index is 13.2. The summed E-state index contributed by atoms with van der Waals surface area (Å²) >= 11 is 0. The minimum atomic E-state index is -5.05. The maximum Gasteiger partial charge on any atom is 0.415 e. The van der Waals surface area contributed by atoms with Crippen LogP contribution in [-0.2, 0) is 6.54 Å². The summed E-state index contributed by atoms with van der Waals surface area (Å²) in [6.07, 6.45) is -20.4. The Hall–Kier alpha value is -1.49. The summed E-state index contributed by atoms with van der Waals surface area (Å²) in [5, 5.41) is 9.41. The molecule has 0 spiro atoms. The van der Waals surface area contributed by atoms with E-state index in [0.717, 1.165) is 4.90 Å². The maximum atomic E-state index is 13.2. The highest BCUT2D eigenvalue weighted by atomic mass is 19.4. The van der Waals surface area contributed by atoms with E-state index in [9.17, 15) is 44.6 Å². The SMILES string of the molecule is OC(CN(Cc1ccccc1)C1CC(C(F)(F)F)CC(C(F)(F)F)C1)C(F)(F)F. The van der Waals surface area contributed by atoms with Crippen LogP contribution < -0.4 is 0 Å². The molecule has 2 rings (SSSR count). The van der Waals surface area contributed by atoms with Crippen molar-refractivity contribution in [1.82, 2.24) is 4.90 Å². The molecule has 29 heavy (non-hydrogen) atoms. The smallest absolute Gasteiger partial charge is 0.382 e. The van der Waals surface area contributed by atoms with Gasteiger partial charge in [0.15, 0.2) is 6.10 Å². The van der Waals surface area contributed by atoms with Crippen molar-refractivity contribution in [3.05, 3.63) is 35.9 Å². The molecule has 2 nitrogen and oxygen atoms in total. The van der Waals surface area contributed by atoms with Gasteiger partial charge in [-0.15, -0.1) is 0 Å². The average molecular weight is 437 g/mol. The van der Waals surface area contributed by atoms with Crippen LogP contribution in [0.15, 0.2) is 30.3 Å². The van der Waals surface area contributed by atoms with Crippen molar-refractivity contribution in [3.8, 4) is 0 Å². The van der Waals surface area contributed by atoms with Crippen LogP contribution >= 0.6 is 0 Å². The molecule has 0 aromatic heterocycles. The first-order valence-electron chi connectivity index (χ1n) is 8.84. The Bertz CT molecular complexity index is 619. The van der Waals surface area contributed by atoms with E-state index < -0.39 is 68.3 Å². The molecule has 0 aliphatic heterocycles. The van der Waals surface area contributed by atoms with Crippen LogP contribution in [-0.4, -0.2) is 47.2 Å². The molecule has 1 aromatic rings. The topological polar surface area (TPSA) is 23.5 Å². The molecule has 1 aliphatic rings. The van der Waals surface area contributed by atoms with Gasteiger partial charge in [0.25, 0.3) is 0 Å². The zero-order valence-corrected chi connectivity index (χ0v) is 15.0. The Kier molecular flexibility index (Phi) is 7.14. The number of alkyl halides is 9. The second kappa shape index (κ2) is 8.71. The lowest BCUT2D eigenvalue weighted by Crippen LogP contribution is -2.50. The molecule has 0 amide bonds. The van der Waals surface area contributed by atoms with Gasteiger partial charge < -0.3 is 5.11 Å². The molecular weight excluding hydrogens is 417 g/mol. The van der Waals surface area contributed by atoms with Gasteiger partial charge in [0.1, 0.15) is 0 Å². The van der Waals surface area contributed by atoms with E-state index in [1.165, 1.54) is 12.1 Å². The van der Waals surface area contributed by atoms with Gasteiger partial charge in [0.2, 0.25) is 0 Å². The van der Waals surface area contributed by atoms with Gasteiger partial charge in [-0.2, -0.15) is 39.5 Å². The highest BCUT2D eigenvalue weighted by molar-refractivity contribution is 5.14. The van der Waals surface area contributed by atoms with Crippen molar-refractivity contribution in [2.45, 2.75) is 56.5 Å². The van der Waals surface area contributed by atoms with Crippen LogP contribution in [0.5, 0.6) is 0 Å². The predicted molar refractivity (Wildman–Crippen MR) is 85.6 cm³/mol. The van der Waals surface area contributed by atoms with Crippen LogP contribution in [0.3, 0.4) is 0 Å². The number of benzene rings is 1. The van der Waals surface area contributed by atoms with E-state index in [-0.39, 0.29) is 6.54 Å². The molecule has 3 atom stereocenters. The molecule has 1 fully saturated rings. The van der Waals surface area contributed by atoms with E-state index in [0.29, 0.717) is 5.56 Å². The van der Waals surface area contributed by atoms with Crippen LogP contribution in [0.4, 0.5) is 39.5 Å². The van der Waals surface area contributed by atoms with Crippen molar-refractivity contribution in [1.29, 1.82) is 0 Å². The Morgan fingerprint density at radius 2 is 1.31 bits per heavy atom. The van der Waals surface area contributed by atoms with Crippen LogP contribution in [0, 0.1) is 11.8 Å². The first-order chi connectivity index (χ1) is 13.2. The van der Waals surface area contributed by atoms with Gasteiger partial charge >= 0.3 is 18.5 Å². The zero-order chi connectivity index (χ0) is 22.0. The van der Waals surface area contributed by atoms with Crippen molar-refractivity contribution in [2.75, 3.05) is 6.54 Å². The van der Waals surface area contributed by atoms with E-state index in [4.69, 9.17) is 0 Å². The molecule has 1 aromatic carbocycles. The predicted octanol–water partition coefficient (Wildman–Crippen LogP) is 5.32. The van der Waals surface area contributed by atoms with Crippen molar-refractivity contribution < 1.29 is 44.6 Å². The van der Waals surface area contributed by atoms with Crippen molar-refractivity contribution >= 4 is 0 Å². The van der Waals surface area contributed by atoms with Gasteiger partial charge in [-0.3, -0.25) is 4.90 Å². The second-order valence-corrected chi connectivity index (χ2v) is 7.31. The Morgan fingerprint density at radius 3 is 1.72 bits per heavy atom. The lowest BCUT2D eigenvalue weighted by atomic mass is 9.77. The Balaban J connectivity index is 2.32. The standard InChI is InChI=1S/C18H20F9NO/c19-16(20,21)12-6-13(17(22,23)24)8-14(7-12)28(10-15(29)18(25,26)27)9-11-4-2-1-3-5-11/h1-5,12-15,29H,6-10H2. The normalized spacial score (nSPS) is 25.3. The molecule has 0 saturated heterocycles. The van der Waals surface area contributed by atoms with Gasteiger partial charge in [-0.05, 0) is 24.8 Å². The fourth-order valence-corrected chi connectivity index (χ4v) is 3.61. The number of halogens is 9. The zero-order valence-electron chi connectivity index (χ0n) is 15.0. The van der Waals surface area contributed by atoms with Gasteiger partial charge in [-0.25, -0.2) is 0 Å². The summed E-state index contributed by atoms with van der Waals surface area (Å²) < 4.78 is 118. The first kappa shape index (κ1) is 23.8. The van der Waals surface area contributed by atoms with Crippen LogP contribution in [0.1, 0.15) is 24.8 Å². The summed E-state index contributed by atoms with van der Waals surface area (Å²) in [5.41, 5.74) is 0.416. The molecule has 0 heterocycles. The van der Waals surface area contributed by atoms with Gasteiger partial charge in [0.05, 0.1) is 11.8 Å². The number of rotatable bonds is 5. The number of hydrogen-bond donors (Lipinski definition) is 1. The Morgan fingerprint density at radius 1 is 0.828 bits per heavy atom. The summed E-state index contributed by atoms with van der Waals surface area (Å²) in [6.45, 7) is -1.42. The highest BCUT2D eigenvalue weighted by Gasteiger charge is 2.53. The van der Waals surface area contributed by atoms with Gasteiger partial charge in [-0.1, -0.05) is 30.3 Å². The first-order valence-corrected chi connectivity index (χ1v) is 8.84. The number of aliphatic hydroxyl groups excluding tert-OH is 1. The van der Waals surface area contributed by atoms with E-state index in [1.54, 1.807) is 18.2 Å². The molecular formula is C18H20F9NO. The van der Waals surface area contributed by atoms with Crippen molar-refractivity contribution in [3.63, 3.8) is 0 Å². The third-order valence-corrected chi connectivity index (χ3v) is 5.14. The summed E-state index contributed by atoms with van der Waals surface area (Å²) in [6, 6.07) is 6.28. The number of hydrogen-bond acceptors (Lipinski definition) is 2. The lowest BCUT2D eigenvalue weighted by Gasteiger charge is -2.42. The average Bonchev–Trinajstić information content (AvgIpc) is 2.59. The molecule has 11 heteroatoms. The molecule has 1 N–H and O–H groups in total. The quantitative estimate of drug-likeness (QED) is 0.631. The molecule has 1 aliphatic carbocycles. The second-order valence-electron chi connectivity index (χ2n) is 7.31. The van der Waals surface area contributed by atoms with Crippen LogP contribution in [0.25, 0.3) is 0 Å². The molecule has 0 bridgehead atoms. The third kappa shape index (κ3) is 6.77. The fraction of sp³-hybridized carbons (Fsp3) is 0.667. The van der Waals surface area contributed by atoms with E-state index in [1.807, 2.05) is 0 Å². The summed E-state index contributed by atoms with van der Waals surface area (Å²) in [4.78, 5) is 0.879. The minimum absolute atomic E-state index is 0.312. The molecule has 166 valence electrons. The summed E-state index contributed by atoms with van der Waals surface area (Å²) in [5.74, 6) is -4.57. The molecule has 1 saturated carbocycles. The number of aliphatic hydroxyl groups is 1. The van der Waals surface area contributed by atoms with Crippen molar-refractivity contribution in [2.24, 2.45) is 11.8 Å². The fourth-order valence-electron chi connectivity index (χ4n) is 3.61. The van der Waals surface area contributed by atoms with E-state index >= 15 is 0 Å². The molecule has 3 unspecified atom stereocenters.